The summed E-state index contributed by atoms with van der Waals surface area (Å²) in [6.45, 7) is 0.762. The van der Waals surface area contributed by atoms with E-state index in [1.54, 1.807) is 13.3 Å². The minimum absolute atomic E-state index is 0.00879. The number of aromatic amines is 2. The van der Waals surface area contributed by atoms with Gasteiger partial charge in [-0.05, 0) is 60.5 Å². The zero-order valence-corrected chi connectivity index (χ0v) is 18.6. The molecular formula is C25H26N6O2. The summed E-state index contributed by atoms with van der Waals surface area (Å²) in [5.41, 5.74) is 5.03. The molecule has 5 rings (SSSR count). The molecule has 0 fully saturated rings. The summed E-state index contributed by atoms with van der Waals surface area (Å²) in [6.07, 6.45) is 4.66. The number of aliphatic hydroxyl groups is 1. The Hall–Kier alpha value is -4.04. The van der Waals surface area contributed by atoms with Gasteiger partial charge in [0.1, 0.15) is 11.6 Å². The van der Waals surface area contributed by atoms with Crippen molar-refractivity contribution in [2.75, 3.05) is 30.9 Å². The molecule has 2 aromatic carbocycles. The first-order chi connectivity index (χ1) is 16.1. The van der Waals surface area contributed by atoms with Crippen molar-refractivity contribution in [1.29, 1.82) is 0 Å². The topological polar surface area (TPSA) is 102 Å². The van der Waals surface area contributed by atoms with Crippen LogP contribution in [0, 0.1) is 0 Å². The minimum Gasteiger partial charge on any atom is -0.497 e. The average molecular weight is 443 g/mol. The minimum atomic E-state index is -0.00879. The molecule has 4 N–H and O–H groups in total. The lowest BCUT2D eigenvalue weighted by Gasteiger charge is -2.17. The first-order valence-corrected chi connectivity index (χ1v) is 10.8. The number of methoxy groups -OCH3 is 1. The smallest absolute Gasteiger partial charge is 0.227 e. The van der Waals surface area contributed by atoms with Crippen LogP contribution in [0.3, 0.4) is 0 Å². The van der Waals surface area contributed by atoms with E-state index < -0.39 is 0 Å². The van der Waals surface area contributed by atoms with E-state index in [9.17, 15) is 5.11 Å². The Morgan fingerprint density at radius 2 is 1.97 bits per heavy atom. The Kier molecular flexibility index (Phi) is 5.58. The third-order valence-electron chi connectivity index (χ3n) is 5.79. The first-order valence-electron chi connectivity index (χ1n) is 10.8. The molecule has 0 amide bonds. The molecule has 0 saturated carbocycles. The molecule has 0 bridgehead atoms. The van der Waals surface area contributed by atoms with E-state index in [-0.39, 0.29) is 6.61 Å². The Bertz CT molecular complexity index is 1410. The monoisotopic (exact) mass is 442 g/mol. The van der Waals surface area contributed by atoms with Crippen LogP contribution < -0.4 is 15.0 Å². The number of aromatic nitrogens is 4. The molecular weight excluding hydrogens is 416 g/mol. The van der Waals surface area contributed by atoms with Crippen LogP contribution in [0.25, 0.3) is 21.8 Å². The molecule has 0 aliphatic rings. The predicted octanol–water partition coefficient (Wildman–Crippen LogP) is 4.36. The molecule has 0 aliphatic heterocycles. The van der Waals surface area contributed by atoms with E-state index in [4.69, 9.17) is 4.74 Å². The maximum Gasteiger partial charge on any atom is 0.227 e. The van der Waals surface area contributed by atoms with Gasteiger partial charge in [0.15, 0.2) is 0 Å². The number of nitrogens with zero attached hydrogens (tertiary/aromatic N) is 3. The zero-order chi connectivity index (χ0) is 22.8. The number of likely N-dealkylation sites (N-methyl/N-ethyl adjacent to an activating group) is 1. The van der Waals surface area contributed by atoms with Crippen LogP contribution in [-0.2, 0) is 13.0 Å². The van der Waals surface area contributed by atoms with Crippen molar-refractivity contribution < 1.29 is 9.84 Å². The normalized spacial score (nSPS) is 11.2. The quantitative estimate of drug-likeness (QED) is 0.285. The molecule has 8 heteroatoms. The van der Waals surface area contributed by atoms with Gasteiger partial charge in [-0.25, -0.2) is 4.98 Å². The molecule has 0 aliphatic carbocycles. The van der Waals surface area contributed by atoms with Crippen LogP contribution in [0.5, 0.6) is 5.75 Å². The second-order valence-corrected chi connectivity index (χ2v) is 8.02. The fraction of sp³-hybridized carbons (Fsp3) is 0.200. The van der Waals surface area contributed by atoms with Gasteiger partial charge in [-0.2, -0.15) is 4.98 Å². The van der Waals surface area contributed by atoms with Crippen molar-refractivity contribution in [2.24, 2.45) is 0 Å². The van der Waals surface area contributed by atoms with Gasteiger partial charge < -0.3 is 30.0 Å². The molecule has 0 saturated heterocycles. The van der Waals surface area contributed by atoms with E-state index in [0.717, 1.165) is 52.3 Å². The highest BCUT2D eigenvalue weighted by Gasteiger charge is 2.10. The van der Waals surface area contributed by atoms with Crippen molar-refractivity contribution >= 4 is 39.3 Å². The Morgan fingerprint density at radius 3 is 2.82 bits per heavy atom. The number of hydrogen-bond acceptors (Lipinski definition) is 6. The first kappa shape index (κ1) is 20.8. The summed E-state index contributed by atoms with van der Waals surface area (Å²) in [4.78, 5) is 17.7. The van der Waals surface area contributed by atoms with Crippen LogP contribution in [0.1, 0.15) is 11.3 Å². The lowest BCUT2D eigenvalue weighted by Crippen LogP contribution is -2.22. The SMILES string of the molecule is COc1ccc2[nH]cc(CCN(C)c3nccc(Nc4ccc5[nH]c(CO)cc5c4)n3)c2c1. The number of ether oxygens (including phenoxy) is 1. The van der Waals surface area contributed by atoms with Crippen LogP contribution >= 0.6 is 0 Å². The summed E-state index contributed by atoms with van der Waals surface area (Å²) in [6, 6.07) is 15.9. The number of benzene rings is 2. The van der Waals surface area contributed by atoms with Crippen LogP contribution in [0.4, 0.5) is 17.5 Å². The second kappa shape index (κ2) is 8.84. The summed E-state index contributed by atoms with van der Waals surface area (Å²) in [5, 5.41) is 14.9. The summed E-state index contributed by atoms with van der Waals surface area (Å²) < 4.78 is 5.37. The van der Waals surface area contributed by atoms with Crippen LogP contribution in [-0.4, -0.2) is 45.7 Å². The van der Waals surface area contributed by atoms with Crippen molar-refractivity contribution in [1.82, 2.24) is 19.9 Å². The Labute approximate surface area is 191 Å². The zero-order valence-electron chi connectivity index (χ0n) is 18.6. The van der Waals surface area contributed by atoms with E-state index in [0.29, 0.717) is 5.95 Å². The fourth-order valence-corrected chi connectivity index (χ4v) is 3.98. The maximum atomic E-state index is 9.33. The van der Waals surface area contributed by atoms with E-state index >= 15 is 0 Å². The third-order valence-corrected chi connectivity index (χ3v) is 5.79. The highest BCUT2D eigenvalue weighted by atomic mass is 16.5. The van der Waals surface area contributed by atoms with Gasteiger partial charge in [-0.3, -0.25) is 0 Å². The number of H-pyrrole nitrogens is 2. The molecule has 0 atom stereocenters. The molecule has 0 spiro atoms. The van der Waals surface area contributed by atoms with Crippen molar-refractivity contribution in [3.05, 3.63) is 72.2 Å². The molecule has 168 valence electrons. The summed E-state index contributed by atoms with van der Waals surface area (Å²) in [7, 11) is 3.68. The number of hydrogen-bond donors (Lipinski definition) is 4. The van der Waals surface area contributed by atoms with Crippen molar-refractivity contribution in [2.45, 2.75) is 13.0 Å². The maximum absolute atomic E-state index is 9.33. The molecule has 33 heavy (non-hydrogen) atoms. The second-order valence-electron chi connectivity index (χ2n) is 8.02. The highest BCUT2D eigenvalue weighted by Crippen LogP contribution is 2.25. The van der Waals surface area contributed by atoms with Gasteiger partial charge in [0, 0.05) is 59.2 Å². The van der Waals surface area contributed by atoms with Gasteiger partial charge >= 0.3 is 0 Å². The molecule has 3 aromatic heterocycles. The van der Waals surface area contributed by atoms with Crippen LogP contribution in [0.15, 0.2) is 60.9 Å². The fourth-order valence-electron chi connectivity index (χ4n) is 3.98. The molecule has 0 unspecified atom stereocenters. The highest BCUT2D eigenvalue weighted by molar-refractivity contribution is 5.85. The average Bonchev–Trinajstić information content (AvgIpc) is 3.45. The van der Waals surface area contributed by atoms with E-state index in [2.05, 4.69) is 37.5 Å². The molecule has 0 radical (unpaired) electrons. The predicted molar refractivity (Wildman–Crippen MR) is 131 cm³/mol. The number of fused-ring (bicyclic) bond motifs is 2. The lowest BCUT2D eigenvalue weighted by atomic mass is 10.1. The van der Waals surface area contributed by atoms with Gasteiger partial charge in [0.05, 0.1) is 13.7 Å². The van der Waals surface area contributed by atoms with E-state index in [1.807, 2.05) is 54.4 Å². The third kappa shape index (κ3) is 4.33. The Morgan fingerprint density at radius 1 is 1.09 bits per heavy atom. The van der Waals surface area contributed by atoms with Crippen LogP contribution in [0.2, 0.25) is 0 Å². The van der Waals surface area contributed by atoms with Gasteiger partial charge in [-0.1, -0.05) is 0 Å². The Balaban J connectivity index is 1.28. The number of nitrogens with one attached hydrogen (secondary N) is 3. The van der Waals surface area contributed by atoms with Gasteiger partial charge in [0.25, 0.3) is 0 Å². The standard InChI is InChI=1S/C25H26N6O2/c1-31(10-8-16-14-27-23-6-4-20(33-2)13-21(16)23)25-26-9-7-24(30-25)29-18-3-5-22-17(11-18)12-19(15-32)28-22/h3-7,9,11-14,27-28,32H,8,10,15H2,1-2H3,(H,26,29,30). The number of rotatable bonds is 8. The summed E-state index contributed by atoms with van der Waals surface area (Å²) >= 11 is 0. The van der Waals surface area contributed by atoms with Gasteiger partial charge in [-0.15, -0.1) is 0 Å². The van der Waals surface area contributed by atoms with Crippen molar-refractivity contribution in [3.63, 3.8) is 0 Å². The molecule has 5 aromatic rings. The summed E-state index contributed by atoms with van der Waals surface area (Å²) in [5.74, 6) is 2.23. The largest absolute Gasteiger partial charge is 0.497 e. The number of aliphatic hydroxyl groups excluding tert-OH is 1. The van der Waals surface area contributed by atoms with Crippen molar-refractivity contribution in [3.8, 4) is 5.75 Å². The number of anilines is 3. The molecule has 3 heterocycles. The van der Waals surface area contributed by atoms with Gasteiger partial charge in [0.2, 0.25) is 5.95 Å². The molecule has 8 nitrogen and oxygen atoms in total. The van der Waals surface area contributed by atoms with E-state index in [1.165, 1.54) is 10.9 Å². The lowest BCUT2D eigenvalue weighted by molar-refractivity contribution is 0.278.